The van der Waals surface area contributed by atoms with Gasteiger partial charge in [0.05, 0.1) is 4.88 Å². The lowest BCUT2D eigenvalue weighted by Crippen LogP contribution is -2.27. The third-order valence-corrected chi connectivity index (χ3v) is 7.18. The Kier molecular flexibility index (Phi) is 5.44. The standard InChI is InChI=1S/C24H24F2N4S/c1-15(16-5-3-2-4-6-16)29-24-28-13-22(31-24)17-11-20(23-27-9-10-30(23)14-17)19-8-7-18(25)12-21(19)26/h7-16H,2-6H2,1H3,(H,28,29). The number of nitrogens with zero attached hydrogens (tertiary/aromatic N) is 3. The van der Waals surface area contributed by atoms with Crippen molar-refractivity contribution in [3.05, 3.63) is 60.7 Å². The number of anilines is 1. The Morgan fingerprint density at radius 1 is 1.10 bits per heavy atom. The third-order valence-electron chi connectivity index (χ3n) is 6.21. The fourth-order valence-corrected chi connectivity index (χ4v) is 5.39. The minimum Gasteiger partial charge on any atom is -0.359 e. The molecule has 0 amide bonds. The van der Waals surface area contributed by atoms with Gasteiger partial charge in [0.15, 0.2) is 5.13 Å². The zero-order valence-electron chi connectivity index (χ0n) is 17.3. The van der Waals surface area contributed by atoms with E-state index in [1.54, 1.807) is 17.5 Å². The van der Waals surface area contributed by atoms with Crippen molar-refractivity contribution in [1.29, 1.82) is 0 Å². The first kappa shape index (κ1) is 20.1. The predicted octanol–water partition coefficient (Wildman–Crippen LogP) is 6.78. The van der Waals surface area contributed by atoms with Crippen molar-refractivity contribution >= 4 is 22.1 Å². The number of benzene rings is 1. The summed E-state index contributed by atoms with van der Waals surface area (Å²) in [5.41, 5.74) is 2.50. The summed E-state index contributed by atoms with van der Waals surface area (Å²) in [4.78, 5) is 9.94. The smallest absolute Gasteiger partial charge is 0.183 e. The van der Waals surface area contributed by atoms with Gasteiger partial charge in [-0.15, -0.1) is 0 Å². The number of hydrogen-bond acceptors (Lipinski definition) is 4. The number of aromatic nitrogens is 3. The second-order valence-corrected chi connectivity index (χ2v) is 9.32. The van der Waals surface area contributed by atoms with Gasteiger partial charge in [0.2, 0.25) is 0 Å². The summed E-state index contributed by atoms with van der Waals surface area (Å²) >= 11 is 1.59. The Balaban J connectivity index is 1.47. The van der Waals surface area contributed by atoms with Gasteiger partial charge >= 0.3 is 0 Å². The molecule has 5 rings (SSSR count). The molecule has 4 aromatic rings. The number of pyridine rings is 1. The van der Waals surface area contributed by atoms with Gasteiger partial charge in [-0.25, -0.2) is 18.7 Å². The average molecular weight is 439 g/mol. The van der Waals surface area contributed by atoms with Crippen LogP contribution in [0.2, 0.25) is 0 Å². The quantitative estimate of drug-likeness (QED) is 0.373. The number of nitrogens with one attached hydrogen (secondary N) is 1. The molecule has 1 N–H and O–H groups in total. The molecule has 1 fully saturated rings. The van der Waals surface area contributed by atoms with E-state index >= 15 is 0 Å². The van der Waals surface area contributed by atoms with E-state index in [4.69, 9.17) is 0 Å². The van der Waals surface area contributed by atoms with Gasteiger partial charge in [-0.05, 0) is 43.9 Å². The maximum atomic E-state index is 14.5. The lowest BCUT2D eigenvalue weighted by molar-refractivity contribution is 0.328. The average Bonchev–Trinajstić information content (AvgIpc) is 3.43. The molecule has 0 radical (unpaired) electrons. The van der Waals surface area contributed by atoms with Gasteiger partial charge < -0.3 is 9.72 Å². The fourth-order valence-electron chi connectivity index (χ4n) is 4.49. The van der Waals surface area contributed by atoms with E-state index in [2.05, 4.69) is 22.2 Å². The second-order valence-electron chi connectivity index (χ2n) is 8.29. The van der Waals surface area contributed by atoms with Crippen LogP contribution in [0, 0.1) is 17.6 Å². The van der Waals surface area contributed by atoms with E-state index in [1.807, 2.05) is 29.1 Å². The van der Waals surface area contributed by atoms with Crippen LogP contribution >= 0.6 is 11.3 Å². The molecule has 4 nitrogen and oxygen atoms in total. The Morgan fingerprint density at radius 2 is 1.94 bits per heavy atom. The molecular weight excluding hydrogens is 414 g/mol. The molecule has 1 saturated carbocycles. The SMILES string of the molecule is CC(Nc1ncc(-c2cc(-c3ccc(F)cc3F)c3nccn3c2)s1)C1CCCCC1. The Hall–Kier alpha value is -2.80. The molecule has 1 aliphatic carbocycles. The molecule has 0 saturated heterocycles. The monoisotopic (exact) mass is 438 g/mol. The van der Waals surface area contributed by atoms with E-state index in [0.717, 1.165) is 21.6 Å². The summed E-state index contributed by atoms with van der Waals surface area (Å²) in [6.07, 6.45) is 13.8. The van der Waals surface area contributed by atoms with Crippen LogP contribution in [0.5, 0.6) is 0 Å². The highest BCUT2D eigenvalue weighted by Crippen LogP contribution is 2.36. The van der Waals surface area contributed by atoms with E-state index < -0.39 is 11.6 Å². The largest absolute Gasteiger partial charge is 0.359 e. The normalized spacial score (nSPS) is 16.0. The van der Waals surface area contributed by atoms with Crippen molar-refractivity contribution in [2.45, 2.75) is 45.1 Å². The van der Waals surface area contributed by atoms with Crippen molar-refractivity contribution in [2.24, 2.45) is 5.92 Å². The van der Waals surface area contributed by atoms with Gasteiger partial charge in [0.1, 0.15) is 17.3 Å². The molecule has 1 aliphatic rings. The summed E-state index contributed by atoms with van der Waals surface area (Å²) in [6.45, 7) is 2.24. The molecule has 0 bridgehead atoms. The number of halogens is 2. The molecule has 3 heterocycles. The topological polar surface area (TPSA) is 42.2 Å². The van der Waals surface area contributed by atoms with E-state index in [-0.39, 0.29) is 0 Å². The summed E-state index contributed by atoms with van der Waals surface area (Å²) in [6, 6.07) is 5.93. The summed E-state index contributed by atoms with van der Waals surface area (Å²) in [5, 5.41) is 4.48. The molecule has 3 aromatic heterocycles. The number of fused-ring (bicyclic) bond motifs is 1. The second kappa shape index (κ2) is 8.38. The molecule has 31 heavy (non-hydrogen) atoms. The number of thiazole rings is 1. The van der Waals surface area contributed by atoms with Crippen molar-refractivity contribution < 1.29 is 8.78 Å². The Labute approximate surface area is 184 Å². The van der Waals surface area contributed by atoms with Crippen LogP contribution in [-0.4, -0.2) is 20.4 Å². The molecule has 1 atom stereocenters. The van der Waals surface area contributed by atoms with Gasteiger partial charge in [0.25, 0.3) is 0 Å². The summed E-state index contributed by atoms with van der Waals surface area (Å²) in [5.74, 6) is -0.506. The van der Waals surface area contributed by atoms with Crippen LogP contribution in [0.25, 0.3) is 27.2 Å². The minimum atomic E-state index is -0.602. The van der Waals surface area contributed by atoms with E-state index in [9.17, 15) is 8.78 Å². The van der Waals surface area contributed by atoms with Crippen molar-refractivity contribution in [3.8, 4) is 21.6 Å². The molecular formula is C24H24F2N4S. The Bertz CT molecular complexity index is 1210. The van der Waals surface area contributed by atoms with Crippen molar-refractivity contribution in [2.75, 3.05) is 5.32 Å². The van der Waals surface area contributed by atoms with Crippen molar-refractivity contribution in [1.82, 2.24) is 14.4 Å². The van der Waals surface area contributed by atoms with Crippen LogP contribution in [0.1, 0.15) is 39.0 Å². The zero-order chi connectivity index (χ0) is 21.4. The highest BCUT2D eigenvalue weighted by Gasteiger charge is 2.21. The molecule has 0 spiro atoms. The van der Waals surface area contributed by atoms with Crippen molar-refractivity contribution in [3.63, 3.8) is 0 Å². The molecule has 7 heteroatoms. The maximum Gasteiger partial charge on any atom is 0.183 e. The van der Waals surface area contributed by atoms with Gasteiger partial charge in [-0.2, -0.15) is 0 Å². The number of imidazole rings is 1. The van der Waals surface area contributed by atoms with Crippen LogP contribution in [0.4, 0.5) is 13.9 Å². The zero-order valence-corrected chi connectivity index (χ0v) is 18.1. The first-order valence-corrected chi connectivity index (χ1v) is 11.5. The van der Waals surface area contributed by atoms with Crippen LogP contribution in [0.15, 0.2) is 49.1 Å². The summed E-state index contributed by atoms with van der Waals surface area (Å²) in [7, 11) is 0. The predicted molar refractivity (Wildman–Crippen MR) is 121 cm³/mol. The minimum absolute atomic E-state index is 0.327. The molecule has 1 aromatic carbocycles. The van der Waals surface area contributed by atoms with Gasteiger partial charge in [-0.1, -0.05) is 30.6 Å². The number of hydrogen-bond donors (Lipinski definition) is 1. The van der Waals surface area contributed by atoms with E-state index in [0.29, 0.717) is 28.7 Å². The van der Waals surface area contributed by atoms with Gasteiger partial charge in [-0.3, -0.25) is 0 Å². The lowest BCUT2D eigenvalue weighted by atomic mass is 9.85. The first-order chi connectivity index (χ1) is 15.1. The molecule has 1 unspecified atom stereocenters. The number of rotatable bonds is 5. The third kappa shape index (κ3) is 4.06. The maximum absolute atomic E-state index is 14.5. The summed E-state index contributed by atoms with van der Waals surface area (Å²) < 4.78 is 29.8. The highest BCUT2D eigenvalue weighted by atomic mass is 32.1. The van der Waals surface area contributed by atoms with Gasteiger partial charge in [0, 0.05) is 53.6 Å². The lowest BCUT2D eigenvalue weighted by Gasteiger charge is -2.28. The highest BCUT2D eigenvalue weighted by molar-refractivity contribution is 7.18. The molecule has 160 valence electrons. The first-order valence-electron chi connectivity index (χ1n) is 10.7. The van der Waals surface area contributed by atoms with Crippen LogP contribution < -0.4 is 5.32 Å². The van der Waals surface area contributed by atoms with Crippen LogP contribution in [0.3, 0.4) is 0 Å². The fraction of sp³-hybridized carbons (Fsp3) is 0.333. The molecule has 0 aliphatic heterocycles. The van der Waals surface area contributed by atoms with Crippen LogP contribution in [-0.2, 0) is 0 Å². The van der Waals surface area contributed by atoms with E-state index in [1.165, 1.54) is 44.2 Å². The Morgan fingerprint density at radius 3 is 2.74 bits per heavy atom.